The number of halogens is 3. The Labute approximate surface area is 131 Å². The first-order chi connectivity index (χ1) is 9.47. The molecule has 0 bridgehead atoms. The monoisotopic (exact) mass is 356 g/mol. The van der Waals surface area contributed by atoms with Gasteiger partial charge < -0.3 is 10.2 Å². The highest BCUT2D eigenvalue weighted by molar-refractivity contribution is 9.10. The molecule has 2 aromatic carbocycles. The Bertz CT molecular complexity index is 617. The van der Waals surface area contributed by atoms with Crippen molar-refractivity contribution in [1.82, 2.24) is 0 Å². The van der Waals surface area contributed by atoms with Crippen LogP contribution in [0.5, 0.6) is 0 Å². The molecule has 0 radical (unpaired) electrons. The molecule has 0 aliphatic heterocycles. The van der Waals surface area contributed by atoms with E-state index in [-0.39, 0.29) is 5.02 Å². The topological polar surface area (TPSA) is 15.3 Å². The number of nitrogens with one attached hydrogen (secondary N) is 1. The maximum atomic E-state index is 13.4. The Kier molecular flexibility index (Phi) is 4.89. The van der Waals surface area contributed by atoms with Crippen LogP contribution in [0.1, 0.15) is 5.56 Å². The van der Waals surface area contributed by atoms with Crippen LogP contribution < -0.4 is 10.2 Å². The van der Waals surface area contributed by atoms with Crippen molar-refractivity contribution in [3.05, 3.63) is 57.3 Å². The summed E-state index contributed by atoms with van der Waals surface area (Å²) in [6.45, 7) is 0.533. The maximum absolute atomic E-state index is 13.4. The van der Waals surface area contributed by atoms with Gasteiger partial charge in [-0.1, -0.05) is 33.6 Å². The standard InChI is InChI=1S/C15H15BrClFN2/c1-20(2)15-6-4-11(16)8-14(15)19-9-10-3-5-12(17)13(18)7-10/h3-8,19H,9H2,1-2H3. The average molecular weight is 358 g/mol. The summed E-state index contributed by atoms with van der Waals surface area (Å²) in [6, 6.07) is 10.8. The van der Waals surface area contributed by atoms with Crippen molar-refractivity contribution in [2.24, 2.45) is 0 Å². The van der Waals surface area contributed by atoms with E-state index >= 15 is 0 Å². The van der Waals surface area contributed by atoms with Gasteiger partial charge in [0.25, 0.3) is 0 Å². The summed E-state index contributed by atoms with van der Waals surface area (Å²) in [4.78, 5) is 2.03. The largest absolute Gasteiger partial charge is 0.379 e. The van der Waals surface area contributed by atoms with E-state index in [9.17, 15) is 4.39 Å². The van der Waals surface area contributed by atoms with Crippen LogP contribution in [0.4, 0.5) is 15.8 Å². The van der Waals surface area contributed by atoms with Gasteiger partial charge in [-0.3, -0.25) is 0 Å². The summed E-state index contributed by atoms with van der Waals surface area (Å²) < 4.78 is 14.4. The van der Waals surface area contributed by atoms with E-state index in [1.165, 1.54) is 6.07 Å². The first kappa shape index (κ1) is 15.1. The van der Waals surface area contributed by atoms with Crippen molar-refractivity contribution >= 4 is 38.9 Å². The molecule has 2 nitrogen and oxygen atoms in total. The molecule has 0 saturated carbocycles. The molecule has 5 heteroatoms. The van der Waals surface area contributed by atoms with E-state index in [0.29, 0.717) is 6.54 Å². The Morgan fingerprint density at radius 3 is 2.60 bits per heavy atom. The molecule has 0 spiro atoms. The molecule has 0 atom stereocenters. The van der Waals surface area contributed by atoms with E-state index < -0.39 is 5.82 Å². The van der Waals surface area contributed by atoms with Crippen LogP contribution in [0.3, 0.4) is 0 Å². The minimum Gasteiger partial charge on any atom is -0.379 e. The quantitative estimate of drug-likeness (QED) is 0.835. The lowest BCUT2D eigenvalue weighted by atomic mass is 10.2. The predicted molar refractivity (Wildman–Crippen MR) is 87.2 cm³/mol. The first-order valence-electron chi connectivity index (χ1n) is 6.12. The third kappa shape index (κ3) is 3.64. The molecule has 20 heavy (non-hydrogen) atoms. The SMILES string of the molecule is CN(C)c1ccc(Br)cc1NCc1ccc(Cl)c(F)c1. The summed E-state index contributed by atoms with van der Waals surface area (Å²) in [7, 11) is 3.97. The molecule has 0 aromatic heterocycles. The molecule has 0 saturated heterocycles. The lowest BCUT2D eigenvalue weighted by Gasteiger charge is -2.19. The summed E-state index contributed by atoms with van der Waals surface area (Å²) >= 11 is 9.13. The molecule has 0 amide bonds. The maximum Gasteiger partial charge on any atom is 0.142 e. The Morgan fingerprint density at radius 1 is 1.20 bits per heavy atom. The zero-order chi connectivity index (χ0) is 14.7. The van der Waals surface area contributed by atoms with E-state index in [1.807, 2.05) is 43.3 Å². The second kappa shape index (κ2) is 6.46. The molecular weight excluding hydrogens is 343 g/mol. The van der Waals surface area contributed by atoms with Crippen LogP contribution in [0.25, 0.3) is 0 Å². The fourth-order valence-corrected chi connectivity index (χ4v) is 2.37. The zero-order valence-corrected chi connectivity index (χ0v) is 13.6. The summed E-state index contributed by atoms with van der Waals surface area (Å²) in [5.41, 5.74) is 2.90. The van der Waals surface area contributed by atoms with Gasteiger partial charge in [0.15, 0.2) is 0 Å². The van der Waals surface area contributed by atoms with E-state index in [2.05, 4.69) is 21.2 Å². The van der Waals surface area contributed by atoms with Crippen LogP contribution in [-0.2, 0) is 6.54 Å². The van der Waals surface area contributed by atoms with Crippen molar-refractivity contribution < 1.29 is 4.39 Å². The van der Waals surface area contributed by atoms with Gasteiger partial charge >= 0.3 is 0 Å². The second-order valence-corrected chi connectivity index (χ2v) is 5.98. The van der Waals surface area contributed by atoms with Crippen molar-refractivity contribution in [1.29, 1.82) is 0 Å². The van der Waals surface area contributed by atoms with Crippen LogP contribution in [0.2, 0.25) is 5.02 Å². The van der Waals surface area contributed by atoms with Gasteiger partial charge in [0.05, 0.1) is 16.4 Å². The van der Waals surface area contributed by atoms with Gasteiger partial charge in [0.2, 0.25) is 0 Å². The molecule has 2 rings (SSSR count). The number of anilines is 2. The number of benzene rings is 2. The molecule has 0 aliphatic carbocycles. The second-order valence-electron chi connectivity index (χ2n) is 4.66. The third-order valence-electron chi connectivity index (χ3n) is 2.91. The predicted octanol–water partition coefficient (Wildman–Crippen LogP) is 4.92. The van der Waals surface area contributed by atoms with Gasteiger partial charge in [-0.25, -0.2) is 4.39 Å². The Balaban J connectivity index is 2.17. The fourth-order valence-electron chi connectivity index (χ4n) is 1.89. The van der Waals surface area contributed by atoms with Gasteiger partial charge in [0.1, 0.15) is 5.82 Å². The third-order valence-corrected chi connectivity index (χ3v) is 3.71. The fraction of sp³-hybridized carbons (Fsp3) is 0.200. The Hall–Kier alpha value is -1.26. The van der Waals surface area contributed by atoms with E-state index in [4.69, 9.17) is 11.6 Å². The molecule has 0 heterocycles. The summed E-state index contributed by atoms with van der Waals surface area (Å²) in [6.07, 6.45) is 0. The minimum atomic E-state index is -0.395. The molecule has 0 unspecified atom stereocenters. The van der Waals surface area contributed by atoms with Crippen LogP contribution in [0.15, 0.2) is 40.9 Å². The van der Waals surface area contributed by atoms with Gasteiger partial charge in [-0.05, 0) is 35.9 Å². The van der Waals surface area contributed by atoms with Crippen LogP contribution in [-0.4, -0.2) is 14.1 Å². The lowest BCUT2D eigenvalue weighted by Crippen LogP contribution is -2.12. The van der Waals surface area contributed by atoms with E-state index in [0.717, 1.165) is 21.4 Å². The van der Waals surface area contributed by atoms with Crippen LogP contribution >= 0.6 is 27.5 Å². The van der Waals surface area contributed by atoms with Crippen molar-refractivity contribution in [3.63, 3.8) is 0 Å². The highest BCUT2D eigenvalue weighted by atomic mass is 79.9. The molecule has 106 valence electrons. The van der Waals surface area contributed by atoms with Crippen molar-refractivity contribution in [2.45, 2.75) is 6.54 Å². The lowest BCUT2D eigenvalue weighted by molar-refractivity contribution is 0.626. The van der Waals surface area contributed by atoms with Crippen molar-refractivity contribution in [3.8, 4) is 0 Å². The number of hydrogen-bond donors (Lipinski definition) is 1. The van der Waals surface area contributed by atoms with Gasteiger partial charge in [0, 0.05) is 25.1 Å². The first-order valence-corrected chi connectivity index (χ1v) is 7.29. The highest BCUT2D eigenvalue weighted by Gasteiger charge is 2.06. The molecule has 2 aromatic rings. The number of hydrogen-bond acceptors (Lipinski definition) is 2. The smallest absolute Gasteiger partial charge is 0.142 e. The average Bonchev–Trinajstić information content (AvgIpc) is 2.40. The number of rotatable bonds is 4. The van der Waals surface area contributed by atoms with Gasteiger partial charge in [-0.15, -0.1) is 0 Å². The number of nitrogens with zero attached hydrogens (tertiary/aromatic N) is 1. The molecule has 0 aliphatic rings. The molecule has 0 fully saturated rings. The zero-order valence-electron chi connectivity index (χ0n) is 11.3. The van der Waals surface area contributed by atoms with E-state index in [1.54, 1.807) is 6.07 Å². The highest BCUT2D eigenvalue weighted by Crippen LogP contribution is 2.28. The van der Waals surface area contributed by atoms with Crippen molar-refractivity contribution in [2.75, 3.05) is 24.3 Å². The molecular formula is C15H15BrClFN2. The minimum absolute atomic E-state index is 0.144. The molecule has 1 N–H and O–H groups in total. The summed E-state index contributed by atoms with van der Waals surface area (Å²) in [5, 5.41) is 3.46. The Morgan fingerprint density at radius 2 is 1.95 bits per heavy atom. The summed E-state index contributed by atoms with van der Waals surface area (Å²) in [5.74, 6) is -0.395. The van der Waals surface area contributed by atoms with Gasteiger partial charge in [-0.2, -0.15) is 0 Å². The van der Waals surface area contributed by atoms with Crippen LogP contribution in [0, 0.1) is 5.82 Å². The normalized spacial score (nSPS) is 10.4.